The fraction of sp³-hybridized carbons (Fsp3) is 0.276. The third kappa shape index (κ3) is 6.41. The third-order valence-electron chi connectivity index (χ3n) is 6.31. The average molecular weight is 481 g/mol. The van der Waals surface area contributed by atoms with Crippen molar-refractivity contribution < 1.29 is 14.3 Å². The molecule has 0 aliphatic carbocycles. The lowest BCUT2D eigenvalue weighted by atomic mass is 9.93. The Bertz CT molecular complexity index is 1270. The lowest BCUT2D eigenvalue weighted by molar-refractivity contribution is 0.0687. The molecule has 1 aliphatic rings. The molecule has 0 spiro atoms. The summed E-state index contributed by atoms with van der Waals surface area (Å²) in [6.45, 7) is 2.36. The summed E-state index contributed by atoms with van der Waals surface area (Å²) in [5, 5.41) is 18.0. The van der Waals surface area contributed by atoms with Crippen LogP contribution in [0.15, 0.2) is 66.7 Å². The van der Waals surface area contributed by atoms with Gasteiger partial charge < -0.3 is 20.1 Å². The second-order valence-corrected chi connectivity index (χ2v) is 8.84. The number of hydrogen-bond donors (Lipinski definition) is 1. The van der Waals surface area contributed by atoms with Crippen molar-refractivity contribution in [3.63, 3.8) is 0 Å². The first-order chi connectivity index (χ1) is 17.6. The summed E-state index contributed by atoms with van der Waals surface area (Å²) in [6.07, 6.45) is 2.89. The van der Waals surface area contributed by atoms with E-state index in [1.54, 1.807) is 54.6 Å². The van der Waals surface area contributed by atoms with Crippen LogP contribution in [0.5, 0.6) is 17.2 Å². The molecule has 1 aliphatic heterocycles. The van der Waals surface area contributed by atoms with Crippen molar-refractivity contribution in [1.29, 1.82) is 10.5 Å². The largest absolute Gasteiger partial charge is 0.489 e. The Kier molecular flexibility index (Phi) is 8.18. The normalized spacial score (nSPS) is 13.5. The highest BCUT2D eigenvalue weighted by Gasteiger charge is 2.24. The predicted molar refractivity (Wildman–Crippen MR) is 135 cm³/mol. The van der Waals surface area contributed by atoms with Gasteiger partial charge in [-0.25, -0.2) is 0 Å². The second kappa shape index (κ2) is 11.9. The minimum atomic E-state index is -0.0605. The topological polar surface area (TPSA) is 112 Å². The van der Waals surface area contributed by atoms with Gasteiger partial charge >= 0.3 is 0 Å². The van der Waals surface area contributed by atoms with E-state index in [-0.39, 0.29) is 12.5 Å². The van der Waals surface area contributed by atoms with Crippen LogP contribution in [0.2, 0.25) is 0 Å². The van der Waals surface area contributed by atoms with E-state index in [0.717, 1.165) is 24.8 Å². The first-order valence-electron chi connectivity index (χ1n) is 12.0. The quantitative estimate of drug-likeness (QED) is 0.485. The van der Waals surface area contributed by atoms with E-state index >= 15 is 0 Å². The molecule has 1 fully saturated rings. The number of ether oxygens (including phenoxy) is 2. The number of likely N-dealkylation sites (tertiary alicyclic amines) is 1. The monoisotopic (exact) mass is 480 g/mol. The van der Waals surface area contributed by atoms with Crippen LogP contribution in [-0.4, -0.2) is 30.4 Å². The number of amides is 1. The third-order valence-corrected chi connectivity index (χ3v) is 6.31. The smallest absolute Gasteiger partial charge is 0.254 e. The van der Waals surface area contributed by atoms with Gasteiger partial charge in [0.25, 0.3) is 5.91 Å². The Balaban J connectivity index is 1.54. The zero-order valence-electron chi connectivity index (χ0n) is 20.0. The van der Waals surface area contributed by atoms with Crippen LogP contribution in [0.1, 0.15) is 46.3 Å². The Labute approximate surface area is 211 Å². The van der Waals surface area contributed by atoms with E-state index in [0.29, 0.717) is 59.5 Å². The number of carbonyl (C=O) groups is 1. The summed E-state index contributed by atoms with van der Waals surface area (Å²) in [4.78, 5) is 15.2. The number of nitriles is 2. The van der Waals surface area contributed by atoms with Crippen LogP contribution in [0.25, 0.3) is 0 Å². The molecule has 7 nitrogen and oxygen atoms in total. The number of carbonyl (C=O) groups excluding carboxylic acids is 1. The molecule has 1 saturated heterocycles. The number of nitrogens with two attached hydrogens (primary N) is 1. The van der Waals surface area contributed by atoms with E-state index < -0.39 is 0 Å². The van der Waals surface area contributed by atoms with Gasteiger partial charge in [0.1, 0.15) is 23.9 Å². The summed E-state index contributed by atoms with van der Waals surface area (Å²) >= 11 is 0. The molecule has 0 aromatic heterocycles. The van der Waals surface area contributed by atoms with Gasteiger partial charge in [0.2, 0.25) is 0 Å². The molecule has 7 heteroatoms. The molecule has 1 heterocycles. The van der Waals surface area contributed by atoms with E-state index in [2.05, 4.69) is 12.1 Å². The van der Waals surface area contributed by atoms with E-state index in [4.69, 9.17) is 25.7 Å². The molecule has 0 bridgehead atoms. The van der Waals surface area contributed by atoms with Crippen LogP contribution in [0, 0.1) is 28.6 Å². The SMILES string of the molecule is N#Cc1ccc(COc2cc(Oc3ccc(C#N)cc3)cc(C(=O)N3CCC(CCN)CC3)c2)cc1. The van der Waals surface area contributed by atoms with Crippen molar-refractivity contribution in [3.8, 4) is 29.4 Å². The molecule has 0 atom stereocenters. The molecule has 182 valence electrons. The Morgan fingerprint density at radius 1 is 0.889 bits per heavy atom. The maximum Gasteiger partial charge on any atom is 0.254 e. The van der Waals surface area contributed by atoms with Gasteiger partial charge in [0.05, 0.1) is 23.3 Å². The highest BCUT2D eigenvalue weighted by molar-refractivity contribution is 5.95. The summed E-state index contributed by atoms with van der Waals surface area (Å²) < 4.78 is 12.0. The van der Waals surface area contributed by atoms with E-state index in [9.17, 15) is 4.79 Å². The van der Waals surface area contributed by atoms with Gasteiger partial charge in [-0.15, -0.1) is 0 Å². The fourth-order valence-electron chi connectivity index (χ4n) is 4.26. The maximum atomic E-state index is 13.4. The van der Waals surface area contributed by atoms with E-state index in [1.807, 2.05) is 17.0 Å². The van der Waals surface area contributed by atoms with Gasteiger partial charge in [-0.3, -0.25) is 4.79 Å². The predicted octanol–water partition coefficient (Wildman–Crippen LogP) is 5.00. The molecule has 0 unspecified atom stereocenters. The van der Waals surface area contributed by atoms with Crippen LogP contribution in [0.3, 0.4) is 0 Å². The summed E-state index contributed by atoms with van der Waals surface area (Å²) in [5.41, 5.74) is 8.22. The molecule has 36 heavy (non-hydrogen) atoms. The van der Waals surface area contributed by atoms with Crippen molar-refractivity contribution in [2.75, 3.05) is 19.6 Å². The van der Waals surface area contributed by atoms with Gasteiger partial charge in [0.15, 0.2) is 0 Å². The average Bonchev–Trinajstić information content (AvgIpc) is 2.93. The lowest BCUT2D eigenvalue weighted by Crippen LogP contribution is -2.38. The van der Waals surface area contributed by atoms with Crippen molar-refractivity contribution in [1.82, 2.24) is 4.90 Å². The Morgan fingerprint density at radius 2 is 1.50 bits per heavy atom. The first kappa shape index (κ1) is 24.8. The summed E-state index contributed by atoms with van der Waals surface area (Å²) in [5.74, 6) is 2.04. The zero-order valence-corrected chi connectivity index (χ0v) is 20.0. The van der Waals surface area contributed by atoms with Crippen LogP contribution >= 0.6 is 0 Å². The number of benzene rings is 3. The molecule has 0 saturated carbocycles. The number of rotatable bonds is 8. The van der Waals surface area contributed by atoms with Crippen LogP contribution in [-0.2, 0) is 6.61 Å². The molecule has 0 radical (unpaired) electrons. The molecule has 4 rings (SSSR count). The molecule has 2 N–H and O–H groups in total. The molecule has 1 amide bonds. The van der Waals surface area contributed by atoms with Gasteiger partial charge in [-0.1, -0.05) is 12.1 Å². The van der Waals surface area contributed by atoms with Crippen molar-refractivity contribution >= 4 is 5.91 Å². The second-order valence-electron chi connectivity index (χ2n) is 8.84. The maximum absolute atomic E-state index is 13.4. The number of hydrogen-bond acceptors (Lipinski definition) is 6. The van der Waals surface area contributed by atoms with Gasteiger partial charge in [-0.2, -0.15) is 10.5 Å². The van der Waals surface area contributed by atoms with Crippen LogP contribution in [0.4, 0.5) is 0 Å². The fourth-order valence-corrected chi connectivity index (χ4v) is 4.26. The van der Waals surface area contributed by atoms with Crippen molar-refractivity contribution in [2.45, 2.75) is 25.9 Å². The molecule has 3 aromatic rings. The van der Waals surface area contributed by atoms with Gasteiger partial charge in [-0.05, 0) is 85.8 Å². The highest BCUT2D eigenvalue weighted by Crippen LogP contribution is 2.30. The van der Waals surface area contributed by atoms with Crippen molar-refractivity contribution in [2.24, 2.45) is 11.7 Å². The molecular formula is C29H28N4O3. The first-order valence-corrected chi connectivity index (χ1v) is 12.0. The lowest BCUT2D eigenvalue weighted by Gasteiger charge is -2.32. The van der Waals surface area contributed by atoms with Crippen molar-refractivity contribution in [3.05, 3.63) is 89.0 Å². The van der Waals surface area contributed by atoms with Gasteiger partial charge in [0, 0.05) is 24.7 Å². The standard InChI is InChI=1S/C29H28N4O3/c30-12-9-21-10-13-33(14-11-21)29(34)25-15-27(35-20-24-3-1-22(18-31)2-4-24)17-28(16-25)36-26-7-5-23(19-32)6-8-26/h1-8,15-17,21H,9-14,20,30H2. The zero-order chi connectivity index (χ0) is 25.3. The summed E-state index contributed by atoms with van der Waals surface area (Å²) in [6, 6.07) is 23.3. The molecule has 3 aromatic carbocycles. The molecular weight excluding hydrogens is 452 g/mol. The number of nitrogens with zero attached hydrogens (tertiary/aromatic N) is 3. The highest BCUT2D eigenvalue weighted by atomic mass is 16.5. The van der Waals surface area contributed by atoms with E-state index in [1.165, 1.54) is 0 Å². The Hall–Kier alpha value is -4.33. The summed E-state index contributed by atoms with van der Waals surface area (Å²) in [7, 11) is 0. The number of piperidine rings is 1. The minimum absolute atomic E-state index is 0.0605. The van der Waals surface area contributed by atoms with Crippen LogP contribution < -0.4 is 15.2 Å². The Morgan fingerprint density at radius 3 is 2.11 bits per heavy atom. The minimum Gasteiger partial charge on any atom is -0.489 e.